The van der Waals surface area contributed by atoms with Crippen molar-refractivity contribution in [3.63, 3.8) is 0 Å². The van der Waals surface area contributed by atoms with Crippen molar-refractivity contribution in [3.8, 4) is 5.75 Å². The molecule has 4 rings (SSSR count). The molecule has 0 radical (unpaired) electrons. The van der Waals surface area contributed by atoms with E-state index in [1.165, 1.54) is 18.2 Å². The van der Waals surface area contributed by atoms with Gasteiger partial charge in [0, 0.05) is 11.3 Å². The predicted octanol–water partition coefficient (Wildman–Crippen LogP) is 6.16. The Kier molecular flexibility index (Phi) is 9.40. The summed E-state index contributed by atoms with van der Waals surface area (Å²) in [6, 6.07) is 21.2. The molecule has 0 atom stereocenters. The third-order valence-corrected chi connectivity index (χ3v) is 6.76. The maximum absolute atomic E-state index is 13.0. The van der Waals surface area contributed by atoms with Gasteiger partial charge < -0.3 is 14.8 Å². The lowest BCUT2D eigenvalue weighted by Gasteiger charge is -2.13. The van der Waals surface area contributed by atoms with Gasteiger partial charge in [-0.15, -0.1) is 0 Å². The molecule has 1 aliphatic rings. The van der Waals surface area contributed by atoms with Crippen molar-refractivity contribution in [2.24, 2.45) is 0 Å². The van der Waals surface area contributed by atoms with Crippen LogP contribution in [-0.4, -0.2) is 41.1 Å². The van der Waals surface area contributed by atoms with Crippen LogP contribution >= 0.6 is 23.4 Å². The van der Waals surface area contributed by atoms with Gasteiger partial charge in [-0.1, -0.05) is 67.1 Å². The van der Waals surface area contributed by atoms with E-state index >= 15 is 0 Å². The van der Waals surface area contributed by atoms with Crippen molar-refractivity contribution in [3.05, 3.63) is 99.4 Å². The summed E-state index contributed by atoms with van der Waals surface area (Å²) in [5.74, 6) is -1.25. The number of hydrogen-bond acceptors (Lipinski definition) is 7. The molecule has 0 spiro atoms. The van der Waals surface area contributed by atoms with Crippen LogP contribution in [0.4, 0.5) is 10.5 Å². The van der Waals surface area contributed by atoms with Crippen molar-refractivity contribution in [2.45, 2.75) is 20.0 Å². The Labute approximate surface area is 234 Å². The first-order valence-corrected chi connectivity index (χ1v) is 13.3. The number of nitrogens with zero attached hydrogens (tertiary/aromatic N) is 1. The van der Waals surface area contributed by atoms with Crippen molar-refractivity contribution < 1.29 is 28.7 Å². The van der Waals surface area contributed by atoms with E-state index in [1.54, 1.807) is 24.3 Å². The molecule has 1 heterocycles. The second-order valence-electron chi connectivity index (χ2n) is 8.46. The topological polar surface area (TPSA) is 102 Å². The molecule has 0 bridgehead atoms. The molecule has 200 valence electrons. The van der Waals surface area contributed by atoms with E-state index in [9.17, 15) is 19.2 Å². The van der Waals surface area contributed by atoms with Gasteiger partial charge in [0.25, 0.3) is 11.1 Å². The number of carbonyl (C=O) groups excluding carboxylic acids is 4. The zero-order valence-electron chi connectivity index (χ0n) is 21.0. The number of hydrogen-bond donors (Lipinski definition) is 1. The number of benzene rings is 3. The molecule has 39 heavy (non-hydrogen) atoms. The lowest BCUT2D eigenvalue weighted by Crippen LogP contribution is -2.36. The molecule has 3 aromatic carbocycles. The molecule has 1 aliphatic heterocycles. The fourth-order valence-corrected chi connectivity index (χ4v) is 4.64. The summed E-state index contributed by atoms with van der Waals surface area (Å²) in [7, 11) is 0. The largest absolute Gasteiger partial charge is 0.488 e. The Hall–Kier alpha value is -4.08. The van der Waals surface area contributed by atoms with Crippen LogP contribution in [0, 0.1) is 0 Å². The van der Waals surface area contributed by atoms with Gasteiger partial charge in [-0.25, -0.2) is 4.79 Å². The first kappa shape index (κ1) is 27.9. The Morgan fingerprint density at radius 1 is 1.03 bits per heavy atom. The van der Waals surface area contributed by atoms with Crippen molar-refractivity contribution in [1.29, 1.82) is 0 Å². The molecule has 3 aromatic rings. The summed E-state index contributed by atoms with van der Waals surface area (Å²) in [6.45, 7) is 1.95. The number of anilines is 1. The molecule has 0 saturated carbocycles. The van der Waals surface area contributed by atoms with Crippen LogP contribution in [-0.2, 0) is 20.9 Å². The van der Waals surface area contributed by atoms with Gasteiger partial charge in [-0.2, -0.15) is 0 Å². The van der Waals surface area contributed by atoms with Crippen LogP contribution in [0.1, 0.15) is 34.8 Å². The molecule has 0 aromatic heterocycles. The molecule has 10 heteroatoms. The molecule has 0 unspecified atom stereocenters. The average molecular weight is 565 g/mol. The molecule has 0 aliphatic carbocycles. The number of ether oxygens (including phenoxy) is 2. The zero-order chi connectivity index (χ0) is 27.8. The zero-order valence-corrected chi connectivity index (χ0v) is 22.6. The summed E-state index contributed by atoms with van der Waals surface area (Å²) in [6.07, 6.45) is 2.23. The van der Waals surface area contributed by atoms with Gasteiger partial charge in [-0.05, 0) is 54.1 Å². The summed E-state index contributed by atoms with van der Waals surface area (Å²) in [4.78, 5) is 51.5. The highest BCUT2D eigenvalue weighted by Gasteiger charge is 2.36. The molecule has 1 saturated heterocycles. The molecule has 1 fully saturated rings. The van der Waals surface area contributed by atoms with Crippen molar-refractivity contribution in [1.82, 2.24) is 4.90 Å². The van der Waals surface area contributed by atoms with Crippen molar-refractivity contribution in [2.75, 3.05) is 18.5 Å². The van der Waals surface area contributed by atoms with E-state index in [1.807, 2.05) is 43.3 Å². The SMILES string of the molecule is CCCOC(=O)c1cc(NC(=O)CN2C(=O)S/C(=C/c3ccccc3OCc3ccccc3)C2=O)ccc1Cl. The quantitative estimate of drug-likeness (QED) is 0.232. The highest BCUT2D eigenvalue weighted by Crippen LogP contribution is 2.34. The maximum Gasteiger partial charge on any atom is 0.339 e. The normalized spacial score (nSPS) is 14.0. The highest BCUT2D eigenvalue weighted by molar-refractivity contribution is 8.18. The monoisotopic (exact) mass is 564 g/mol. The number of carbonyl (C=O) groups is 4. The lowest BCUT2D eigenvalue weighted by molar-refractivity contribution is -0.127. The smallest absolute Gasteiger partial charge is 0.339 e. The second kappa shape index (κ2) is 13.1. The van der Waals surface area contributed by atoms with E-state index in [0.29, 0.717) is 24.3 Å². The Morgan fingerprint density at radius 2 is 1.77 bits per heavy atom. The van der Waals surface area contributed by atoms with E-state index < -0.39 is 29.6 Å². The third-order valence-electron chi connectivity index (χ3n) is 5.53. The molecule has 3 amide bonds. The van der Waals surface area contributed by atoms with Crippen LogP contribution in [0.25, 0.3) is 6.08 Å². The van der Waals surface area contributed by atoms with Gasteiger partial charge in [0.05, 0.1) is 22.1 Å². The van der Waals surface area contributed by atoms with Gasteiger partial charge >= 0.3 is 5.97 Å². The number of amides is 3. The number of halogens is 1. The van der Waals surface area contributed by atoms with E-state index in [0.717, 1.165) is 22.2 Å². The summed E-state index contributed by atoms with van der Waals surface area (Å²) in [5, 5.41) is 2.21. The third kappa shape index (κ3) is 7.28. The van der Waals surface area contributed by atoms with Gasteiger partial charge in [-0.3, -0.25) is 19.3 Å². The van der Waals surface area contributed by atoms with Crippen LogP contribution < -0.4 is 10.1 Å². The van der Waals surface area contributed by atoms with Crippen LogP contribution in [0.3, 0.4) is 0 Å². The number of esters is 1. The second-order valence-corrected chi connectivity index (χ2v) is 9.86. The number of imide groups is 1. The average Bonchev–Trinajstić information content (AvgIpc) is 3.20. The first-order chi connectivity index (χ1) is 18.9. The summed E-state index contributed by atoms with van der Waals surface area (Å²) >= 11 is 6.85. The Balaban J connectivity index is 1.42. The fourth-order valence-electron chi connectivity index (χ4n) is 3.62. The molecular formula is C29H25ClN2O6S. The highest BCUT2D eigenvalue weighted by atomic mass is 35.5. The fraction of sp³-hybridized carbons (Fsp3) is 0.172. The predicted molar refractivity (Wildman–Crippen MR) is 151 cm³/mol. The van der Waals surface area contributed by atoms with Gasteiger partial charge in [0.2, 0.25) is 5.91 Å². The summed E-state index contributed by atoms with van der Waals surface area (Å²) < 4.78 is 11.0. The van der Waals surface area contributed by atoms with Gasteiger partial charge in [0.15, 0.2) is 0 Å². The van der Waals surface area contributed by atoms with Crippen molar-refractivity contribution >= 4 is 58.1 Å². The van der Waals surface area contributed by atoms with Crippen LogP contribution in [0.2, 0.25) is 5.02 Å². The Bertz CT molecular complexity index is 1430. The number of para-hydroxylation sites is 1. The summed E-state index contributed by atoms with van der Waals surface area (Å²) in [5.41, 5.74) is 2.00. The standard InChI is InChI=1S/C29H25ClN2O6S/c1-2-14-37-28(35)22-16-21(12-13-23(22)30)31-26(33)17-32-27(34)25(39-29(32)36)15-20-10-6-7-11-24(20)38-18-19-8-4-3-5-9-19/h3-13,15-16H,2,14,17-18H2,1H3,(H,31,33)/b25-15+. The van der Waals surface area contributed by atoms with Crippen LogP contribution in [0.5, 0.6) is 5.75 Å². The van der Waals surface area contributed by atoms with Crippen LogP contribution in [0.15, 0.2) is 77.7 Å². The number of rotatable bonds is 10. The number of nitrogens with one attached hydrogen (secondary N) is 1. The molecular weight excluding hydrogens is 540 g/mol. The van der Waals surface area contributed by atoms with E-state index in [4.69, 9.17) is 21.1 Å². The minimum atomic E-state index is -0.611. The van der Waals surface area contributed by atoms with E-state index in [-0.39, 0.29) is 27.8 Å². The molecule has 8 nitrogen and oxygen atoms in total. The number of thioether (sulfide) groups is 1. The Morgan fingerprint density at radius 3 is 2.54 bits per heavy atom. The minimum Gasteiger partial charge on any atom is -0.488 e. The molecule has 1 N–H and O–H groups in total. The van der Waals surface area contributed by atoms with Gasteiger partial charge in [0.1, 0.15) is 18.9 Å². The first-order valence-electron chi connectivity index (χ1n) is 12.1. The van der Waals surface area contributed by atoms with E-state index in [2.05, 4.69) is 5.32 Å². The lowest BCUT2D eigenvalue weighted by atomic mass is 10.1. The maximum atomic E-state index is 13.0. The minimum absolute atomic E-state index is 0.102.